The van der Waals surface area contributed by atoms with Crippen LogP contribution in [0.5, 0.6) is 0 Å². The average molecular weight is 316 g/mol. The molecular formula is C13H22BrN3O. The van der Waals surface area contributed by atoms with Gasteiger partial charge in [0.15, 0.2) is 0 Å². The maximum Gasteiger partial charge on any atom is 0.140 e. The summed E-state index contributed by atoms with van der Waals surface area (Å²) in [5.74, 6) is 0.843. The molecule has 0 amide bonds. The Kier molecular flexibility index (Phi) is 7.05. The molecule has 0 spiro atoms. The molecule has 1 heterocycles. The highest BCUT2D eigenvalue weighted by molar-refractivity contribution is 9.10. The number of ether oxygens (including phenoxy) is 1. The van der Waals surface area contributed by atoms with E-state index in [2.05, 4.69) is 33.2 Å². The number of pyridine rings is 1. The number of hydrogen-bond donors (Lipinski definition) is 2. The van der Waals surface area contributed by atoms with Crippen molar-refractivity contribution in [1.29, 1.82) is 0 Å². The first-order valence-electron chi connectivity index (χ1n) is 6.39. The second-order valence-electron chi connectivity index (χ2n) is 4.25. The van der Waals surface area contributed by atoms with E-state index in [1.165, 1.54) is 6.42 Å². The molecule has 0 aromatic carbocycles. The van der Waals surface area contributed by atoms with Crippen molar-refractivity contribution >= 4 is 27.4 Å². The SMILES string of the molecule is CCCCOCCCNc1ncc(N)c(C)c1Br. The van der Waals surface area contributed by atoms with Crippen LogP contribution < -0.4 is 11.1 Å². The van der Waals surface area contributed by atoms with E-state index in [9.17, 15) is 0 Å². The predicted octanol–water partition coefficient (Wildman–Crippen LogP) is 3.35. The monoisotopic (exact) mass is 315 g/mol. The number of hydrogen-bond acceptors (Lipinski definition) is 4. The van der Waals surface area contributed by atoms with Crippen molar-refractivity contribution in [3.8, 4) is 0 Å². The molecule has 0 aliphatic carbocycles. The van der Waals surface area contributed by atoms with E-state index in [1.807, 2.05) is 6.92 Å². The molecular weight excluding hydrogens is 294 g/mol. The number of anilines is 2. The Morgan fingerprint density at radius 3 is 2.83 bits per heavy atom. The lowest BCUT2D eigenvalue weighted by Crippen LogP contribution is -2.08. The normalized spacial score (nSPS) is 10.6. The van der Waals surface area contributed by atoms with Gasteiger partial charge in [0.1, 0.15) is 5.82 Å². The summed E-state index contributed by atoms with van der Waals surface area (Å²) in [5, 5.41) is 3.28. The van der Waals surface area contributed by atoms with Crippen LogP contribution in [0.3, 0.4) is 0 Å². The number of nitrogens with zero attached hydrogens (tertiary/aromatic N) is 1. The van der Waals surface area contributed by atoms with Crippen LogP contribution in [0.15, 0.2) is 10.7 Å². The van der Waals surface area contributed by atoms with Gasteiger partial charge in [0, 0.05) is 19.8 Å². The van der Waals surface area contributed by atoms with E-state index in [0.717, 1.165) is 48.5 Å². The van der Waals surface area contributed by atoms with Gasteiger partial charge in [-0.1, -0.05) is 13.3 Å². The fraction of sp³-hybridized carbons (Fsp3) is 0.615. The molecule has 1 aromatic rings. The zero-order chi connectivity index (χ0) is 13.4. The third-order valence-electron chi connectivity index (χ3n) is 2.70. The molecule has 0 atom stereocenters. The topological polar surface area (TPSA) is 60.2 Å². The Morgan fingerprint density at radius 2 is 2.11 bits per heavy atom. The van der Waals surface area contributed by atoms with Crippen molar-refractivity contribution in [2.45, 2.75) is 33.1 Å². The van der Waals surface area contributed by atoms with Crippen LogP contribution in [0.2, 0.25) is 0 Å². The minimum atomic E-state index is 0.704. The van der Waals surface area contributed by atoms with E-state index in [0.29, 0.717) is 5.69 Å². The number of halogens is 1. The van der Waals surface area contributed by atoms with Crippen molar-refractivity contribution in [3.05, 3.63) is 16.2 Å². The second-order valence-corrected chi connectivity index (χ2v) is 5.04. The van der Waals surface area contributed by atoms with E-state index < -0.39 is 0 Å². The van der Waals surface area contributed by atoms with Gasteiger partial charge in [0.05, 0.1) is 16.4 Å². The van der Waals surface area contributed by atoms with Crippen LogP contribution in [-0.2, 0) is 4.74 Å². The molecule has 0 unspecified atom stereocenters. The molecule has 3 N–H and O–H groups in total. The summed E-state index contributed by atoms with van der Waals surface area (Å²) in [4.78, 5) is 4.26. The van der Waals surface area contributed by atoms with Crippen molar-refractivity contribution in [1.82, 2.24) is 4.98 Å². The van der Waals surface area contributed by atoms with E-state index in [-0.39, 0.29) is 0 Å². The van der Waals surface area contributed by atoms with Crippen LogP contribution in [0, 0.1) is 6.92 Å². The summed E-state index contributed by atoms with van der Waals surface area (Å²) in [6, 6.07) is 0. The van der Waals surface area contributed by atoms with Crippen molar-refractivity contribution in [3.63, 3.8) is 0 Å². The third-order valence-corrected chi connectivity index (χ3v) is 3.67. The molecule has 102 valence electrons. The molecule has 1 aromatic heterocycles. The Labute approximate surface area is 117 Å². The van der Waals surface area contributed by atoms with Crippen LogP contribution in [0.25, 0.3) is 0 Å². The first kappa shape index (κ1) is 15.2. The number of aromatic nitrogens is 1. The van der Waals surface area contributed by atoms with Gasteiger partial charge in [-0.2, -0.15) is 0 Å². The van der Waals surface area contributed by atoms with Gasteiger partial charge in [0.25, 0.3) is 0 Å². The number of unbranched alkanes of at least 4 members (excludes halogenated alkanes) is 1. The highest BCUT2D eigenvalue weighted by Gasteiger charge is 2.06. The maximum atomic E-state index is 5.77. The first-order valence-corrected chi connectivity index (χ1v) is 7.18. The summed E-state index contributed by atoms with van der Waals surface area (Å²) in [6.07, 6.45) is 4.97. The number of nitrogens with two attached hydrogens (primary N) is 1. The molecule has 18 heavy (non-hydrogen) atoms. The number of nitrogen functional groups attached to an aromatic ring is 1. The highest BCUT2D eigenvalue weighted by atomic mass is 79.9. The maximum absolute atomic E-state index is 5.77. The van der Waals surface area contributed by atoms with Gasteiger partial charge in [-0.15, -0.1) is 0 Å². The van der Waals surface area contributed by atoms with E-state index in [4.69, 9.17) is 10.5 Å². The highest BCUT2D eigenvalue weighted by Crippen LogP contribution is 2.27. The summed E-state index contributed by atoms with van der Waals surface area (Å²) >= 11 is 3.50. The van der Waals surface area contributed by atoms with E-state index in [1.54, 1.807) is 6.20 Å². The van der Waals surface area contributed by atoms with Gasteiger partial charge < -0.3 is 15.8 Å². The molecule has 5 heteroatoms. The lowest BCUT2D eigenvalue weighted by Gasteiger charge is -2.10. The number of nitrogens with one attached hydrogen (secondary N) is 1. The largest absolute Gasteiger partial charge is 0.397 e. The minimum Gasteiger partial charge on any atom is -0.397 e. The van der Waals surface area contributed by atoms with Gasteiger partial charge in [-0.25, -0.2) is 4.98 Å². The second kappa shape index (κ2) is 8.32. The number of rotatable bonds is 8. The van der Waals surface area contributed by atoms with Crippen LogP contribution in [-0.4, -0.2) is 24.7 Å². The molecule has 0 saturated heterocycles. The van der Waals surface area contributed by atoms with Gasteiger partial charge in [0.2, 0.25) is 0 Å². The fourth-order valence-electron chi connectivity index (χ4n) is 1.44. The summed E-state index contributed by atoms with van der Waals surface area (Å²) in [5.41, 5.74) is 7.50. The lowest BCUT2D eigenvalue weighted by atomic mass is 10.2. The molecule has 4 nitrogen and oxygen atoms in total. The molecule has 0 aliphatic rings. The van der Waals surface area contributed by atoms with Crippen LogP contribution in [0.1, 0.15) is 31.7 Å². The summed E-state index contributed by atoms with van der Waals surface area (Å²) in [6.45, 7) is 6.64. The minimum absolute atomic E-state index is 0.704. The van der Waals surface area contributed by atoms with E-state index >= 15 is 0 Å². The summed E-state index contributed by atoms with van der Waals surface area (Å²) < 4.78 is 6.43. The zero-order valence-electron chi connectivity index (χ0n) is 11.1. The summed E-state index contributed by atoms with van der Waals surface area (Å²) in [7, 11) is 0. The average Bonchev–Trinajstić information content (AvgIpc) is 2.37. The Hall–Kier alpha value is -0.810. The van der Waals surface area contributed by atoms with Crippen LogP contribution >= 0.6 is 15.9 Å². The predicted molar refractivity (Wildman–Crippen MR) is 79.9 cm³/mol. The fourth-order valence-corrected chi connectivity index (χ4v) is 1.92. The third kappa shape index (κ3) is 4.82. The Balaban J connectivity index is 2.25. The Bertz CT molecular complexity index is 371. The smallest absolute Gasteiger partial charge is 0.140 e. The molecule has 0 fully saturated rings. The standard InChI is InChI=1S/C13H22BrN3O/c1-3-4-7-18-8-5-6-16-13-12(14)10(2)11(15)9-17-13/h9H,3-8,15H2,1-2H3,(H,16,17). The first-order chi connectivity index (χ1) is 8.66. The van der Waals surface area contributed by atoms with Gasteiger partial charge in [-0.3, -0.25) is 0 Å². The van der Waals surface area contributed by atoms with Gasteiger partial charge in [-0.05, 0) is 41.3 Å². The Morgan fingerprint density at radius 1 is 1.39 bits per heavy atom. The molecule has 1 rings (SSSR count). The molecule has 0 radical (unpaired) electrons. The molecule has 0 aliphatic heterocycles. The quantitative estimate of drug-likeness (QED) is 0.722. The van der Waals surface area contributed by atoms with Crippen molar-refractivity contribution in [2.75, 3.05) is 30.8 Å². The van der Waals surface area contributed by atoms with Crippen LogP contribution in [0.4, 0.5) is 11.5 Å². The van der Waals surface area contributed by atoms with Crippen molar-refractivity contribution in [2.24, 2.45) is 0 Å². The lowest BCUT2D eigenvalue weighted by molar-refractivity contribution is 0.131. The van der Waals surface area contributed by atoms with Gasteiger partial charge >= 0.3 is 0 Å². The van der Waals surface area contributed by atoms with Crippen molar-refractivity contribution < 1.29 is 4.74 Å². The molecule has 0 bridgehead atoms. The molecule has 0 saturated carbocycles. The zero-order valence-corrected chi connectivity index (χ0v) is 12.7.